The Bertz CT molecular complexity index is 1020. The predicted octanol–water partition coefficient (Wildman–Crippen LogP) is 4.91. The van der Waals surface area contributed by atoms with E-state index in [4.69, 9.17) is 20.9 Å². The van der Waals surface area contributed by atoms with Crippen LogP contribution >= 0.6 is 11.6 Å². The van der Waals surface area contributed by atoms with Gasteiger partial charge < -0.3 is 14.2 Å². The lowest BCUT2D eigenvalue weighted by atomic mass is 10.0. The Morgan fingerprint density at radius 3 is 2.72 bits per heavy atom. The molecule has 29 heavy (non-hydrogen) atoms. The van der Waals surface area contributed by atoms with Crippen molar-refractivity contribution in [1.82, 2.24) is 4.90 Å². The molecule has 5 nitrogen and oxygen atoms in total. The number of hydrogen-bond donors (Lipinski definition) is 0. The van der Waals surface area contributed by atoms with Crippen LogP contribution in [0, 0.1) is 5.82 Å². The molecule has 0 bridgehead atoms. The Morgan fingerprint density at radius 2 is 2.00 bits per heavy atom. The molecule has 0 fully saturated rings. The van der Waals surface area contributed by atoms with Crippen LogP contribution in [0.3, 0.4) is 0 Å². The fourth-order valence-corrected chi connectivity index (χ4v) is 3.43. The average Bonchev–Trinajstić information content (AvgIpc) is 3.40. The Hall–Kier alpha value is -3.12. The van der Waals surface area contributed by atoms with Gasteiger partial charge >= 0.3 is 0 Å². The lowest BCUT2D eigenvalue weighted by Crippen LogP contribution is -2.37. The molecule has 3 aromatic rings. The zero-order valence-corrected chi connectivity index (χ0v) is 16.2. The first-order valence-electron chi connectivity index (χ1n) is 9.14. The van der Waals surface area contributed by atoms with Crippen LogP contribution in [0.15, 0.2) is 76.5 Å². The molecule has 0 unspecified atom stereocenters. The number of rotatable bonds is 6. The topological polar surface area (TPSA) is 55.0 Å². The molecular formula is C22H18ClFN2O3. The molecule has 7 heteroatoms. The normalized spacial score (nSPS) is 15.7. The van der Waals surface area contributed by atoms with Crippen LogP contribution in [-0.2, 0) is 11.4 Å². The van der Waals surface area contributed by atoms with E-state index in [1.54, 1.807) is 35.2 Å². The minimum absolute atomic E-state index is 0.242. The lowest BCUT2D eigenvalue weighted by molar-refractivity contribution is 0.0387. The monoisotopic (exact) mass is 412 g/mol. The summed E-state index contributed by atoms with van der Waals surface area (Å²) >= 11 is 6.08. The quantitative estimate of drug-likeness (QED) is 0.578. The van der Waals surface area contributed by atoms with Gasteiger partial charge in [0.25, 0.3) is 5.91 Å². The maximum absolute atomic E-state index is 13.1. The van der Waals surface area contributed by atoms with Crippen LogP contribution in [0.1, 0.15) is 28.1 Å². The van der Waals surface area contributed by atoms with E-state index in [1.807, 2.05) is 18.2 Å². The summed E-state index contributed by atoms with van der Waals surface area (Å²) in [4.78, 5) is 20.1. The van der Waals surface area contributed by atoms with Crippen molar-refractivity contribution < 1.29 is 18.4 Å². The van der Waals surface area contributed by atoms with Crippen molar-refractivity contribution in [3.8, 4) is 0 Å². The third-order valence-electron chi connectivity index (χ3n) is 4.62. The Labute approximate surface area is 172 Å². The molecule has 148 valence electrons. The molecule has 1 amide bonds. The van der Waals surface area contributed by atoms with Crippen molar-refractivity contribution in [3.05, 3.63) is 94.7 Å². The summed E-state index contributed by atoms with van der Waals surface area (Å²) in [7, 11) is 0. The lowest BCUT2D eigenvalue weighted by Gasteiger charge is -2.24. The molecule has 0 spiro atoms. The van der Waals surface area contributed by atoms with Crippen LogP contribution in [-0.4, -0.2) is 29.2 Å². The van der Waals surface area contributed by atoms with Crippen LogP contribution in [0.4, 0.5) is 4.39 Å². The van der Waals surface area contributed by atoms with E-state index in [2.05, 4.69) is 5.16 Å². The van der Waals surface area contributed by atoms with Gasteiger partial charge in [0.05, 0.1) is 18.5 Å². The highest BCUT2D eigenvalue weighted by molar-refractivity contribution is 6.30. The zero-order chi connectivity index (χ0) is 20.2. The number of carbonyl (C=O) groups is 1. The first-order chi connectivity index (χ1) is 14.1. The number of hydrogen-bond acceptors (Lipinski definition) is 4. The highest BCUT2D eigenvalue weighted by atomic mass is 35.5. The third-order valence-corrected chi connectivity index (χ3v) is 4.85. The van der Waals surface area contributed by atoms with Crippen LogP contribution in [0.2, 0.25) is 5.02 Å². The summed E-state index contributed by atoms with van der Waals surface area (Å²) in [5, 5.41) is 4.73. The van der Waals surface area contributed by atoms with Crippen molar-refractivity contribution in [1.29, 1.82) is 0 Å². The number of furan rings is 1. The summed E-state index contributed by atoms with van der Waals surface area (Å²) < 4.78 is 18.4. The van der Waals surface area contributed by atoms with Gasteiger partial charge in [-0.2, -0.15) is 0 Å². The van der Waals surface area contributed by atoms with Crippen molar-refractivity contribution in [2.75, 3.05) is 6.54 Å². The second-order valence-electron chi connectivity index (χ2n) is 6.77. The van der Waals surface area contributed by atoms with Crippen LogP contribution < -0.4 is 0 Å². The van der Waals surface area contributed by atoms with Crippen molar-refractivity contribution >= 4 is 23.2 Å². The molecule has 1 aliphatic heterocycles. The molecule has 0 saturated carbocycles. The van der Waals surface area contributed by atoms with Gasteiger partial charge in [0.15, 0.2) is 11.9 Å². The largest absolute Gasteiger partial charge is 0.459 e. The van der Waals surface area contributed by atoms with Crippen molar-refractivity contribution in [2.45, 2.75) is 19.1 Å². The van der Waals surface area contributed by atoms with E-state index in [0.717, 1.165) is 16.8 Å². The smallest absolute Gasteiger partial charge is 0.289 e. The number of carbonyl (C=O) groups excluding carboxylic acids is 1. The second-order valence-corrected chi connectivity index (χ2v) is 7.21. The van der Waals surface area contributed by atoms with Gasteiger partial charge in [-0.05, 0) is 47.5 Å². The summed E-state index contributed by atoms with van der Waals surface area (Å²) in [6.45, 7) is 0.673. The molecule has 1 atom stereocenters. The molecule has 0 saturated heterocycles. The first-order valence-corrected chi connectivity index (χ1v) is 9.52. The van der Waals surface area contributed by atoms with Gasteiger partial charge in [0, 0.05) is 18.0 Å². The predicted molar refractivity (Wildman–Crippen MR) is 107 cm³/mol. The highest BCUT2D eigenvalue weighted by Gasteiger charge is 2.28. The van der Waals surface area contributed by atoms with E-state index >= 15 is 0 Å². The van der Waals surface area contributed by atoms with E-state index in [-0.39, 0.29) is 23.6 Å². The molecular weight excluding hydrogens is 395 g/mol. The second kappa shape index (κ2) is 8.49. The molecule has 0 N–H and O–H groups in total. The summed E-state index contributed by atoms with van der Waals surface area (Å²) in [6, 6.07) is 16.8. The first kappa shape index (κ1) is 19.2. The maximum Gasteiger partial charge on any atom is 0.289 e. The van der Waals surface area contributed by atoms with Crippen LogP contribution in [0.25, 0.3) is 0 Å². The van der Waals surface area contributed by atoms with Crippen molar-refractivity contribution in [2.24, 2.45) is 5.16 Å². The molecule has 0 radical (unpaired) electrons. The van der Waals surface area contributed by atoms with Gasteiger partial charge in [-0.15, -0.1) is 0 Å². The van der Waals surface area contributed by atoms with Gasteiger partial charge in [0.1, 0.15) is 5.82 Å². The summed E-state index contributed by atoms with van der Waals surface area (Å²) in [5.74, 6) is -0.292. The SMILES string of the molecule is O=C(c1ccco1)N(Cc1cccc(Cl)c1)C[C@@H]1CC(c2ccc(F)cc2)=NO1. The van der Waals surface area contributed by atoms with Gasteiger partial charge in [0.2, 0.25) is 0 Å². The number of halogens is 2. The highest BCUT2D eigenvalue weighted by Crippen LogP contribution is 2.21. The Morgan fingerprint density at radius 1 is 1.17 bits per heavy atom. The van der Waals surface area contributed by atoms with E-state index in [1.165, 1.54) is 18.4 Å². The third kappa shape index (κ3) is 4.66. The fraction of sp³-hybridized carbons (Fsp3) is 0.182. The van der Waals surface area contributed by atoms with Gasteiger partial charge in [-0.3, -0.25) is 4.79 Å². The van der Waals surface area contributed by atoms with Crippen LogP contribution in [0.5, 0.6) is 0 Å². The number of amides is 1. The zero-order valence-electron chi connectivity index (χ0n) is 15.4. The van der Waals surface area contributed by atoms with Gasteiger partial charge in [-0.1, -0.05) is 41.0 Å². The van der Waals surface area contributed by atoms with E-state index < -0.39 is 0 Å². The number of oxime groups is 1. The minimum atomic E-state index is -0.312. The summed E-state index contributed by atoms with van der Waals surface area (Å²) in [6.07, 6.45) is 1.67. The number of benzene rings is 2. The molecule has 0 aliphatic carbocycles. The van der Waals surface area contributed by atoms with Crippen molar-refractivity contribution in [3.63, 3.8) is 0 Å². The molecule has 1 aliphatic rings. The minimum Gasteiger partial charge on any atom is -0.459 e. The molecule has 4 rings (SSSR count). The molecule has 2 heterocycles. The fourth-order valence-electron chi connectivity index (χ4n) is 3.22. The standard InChI is InChI=1S/C22H18ClFN2O3/c23-17-4-1-3-15(11-17)13-26(22(27)21-5-2-10-28-21)14-19-12-20(25-29-19)16-6-8-18(24)9-7-16/h1-11,19H,12-14H2/t19-/m0/s1. The van der Waals surface area contributed by atoms with Gasteiger partial charge in [-0.25, -0.2) is 4.39 Å². The van der Waals surface area contributed by atoms with E-state index in [9.17, 15) is 9.18 Å². The Balaban J connectivity index is 1.48. The number of nitrogens with zero attached hydrogens (tertiary/aromatic N) is 2. The molecule has 2 aromatic carbocycles. The van der Waals surface area contributed by atoms with E-state index in [0.29, 0.717) is 24.5 Å². The summed E-state index contributed by atoms with van der Waals surface area (Å²) in [5.41, 5.74) is 2.42. The average molecular weight is 413 g/mol. The molecule has 1 aromatic heterocycles. The maximum atomic E-state index is 13.1. The Kier molecular flexibility index (Phi) is 5.62.